The van der Waals surface area contributed by atoms with Crippen LogP contribution in [0.1, 0.15) is 0 Å². The van der Waals surface area contributed by atoms with Gasteiger partial charge in [-0.2, -0.15) is 0 Å². The van der Waals surface area contributed by atoms with E-state index in [2.05, 4.69) is 246 Å². The van der Waals surface area contributed by atoms with Crippen molar-refractivity contribution in [2.45, 2.75) is 0 Å². The zero-order valence-corrected chi connectivity index (χ0v) is 34.4. The highest BCUT2D eigenvalue weighted by molar-refractivity contribution is 6.13. The van der Waals surface area contributed by atoms with Crippen LogP contribution in [0.25, 0.3) is 93.9 Å². The molecule has 2 aromatic heterocycles. The van der Waals surface area contributed by atoms with Crippen LogP contribution in [0, 0.1) is 0 Å². The summed E-state index contributed by atoms with van der Waals surface area (Å²) in [4.78, 5) is 2.36. The predicted molar refractivity (Wildman–Crippen MR) is 264 cm³/mol. The van der Waals surface area contributed by atoms with Gasteiger partial charge in [0, 0.05) is 38.5 Å². The van der Waals surface area contributed by atoms with Crippen LogP contribution in [0.4, 0.5) is 17.1 Å². The molecule has 0 aliphatic carbocycles. The van der Waals surface area contributed by atoms with Crippen molar-refractivity contribution < 1.29 is 4.42 Å². The molecule has 2 heterocycles. The number of para-hydroxylation sites is 3. The van der Waals surface area contributed by atoms with E-state index in [0.29, 0.717) is 0 Å². The average molecular weight is 805 g/mol. The molecule has 12 aromatic rings. The third kappa shape index (κ3) is 6.38. The number of nitrogens with zero attached hydrogens (tertiary/aromatic N) is 2. The highest BCUT2D eigenvalue weighted by Crippen LogP contribution is 2.46. The second-order valence-corrected chi connectivity index (χ2v) is 16.1. The number of furan rings is 1. The lowest BCUT2D eigenvalue weighted by molar-refractivity contribution is 0.669. The number of rotatable bonds is 8. The van der Waals surface area contributed by atoms with Crippen LogP contribution in [0.5, 0.6) is 0 Å². The van der Waals surface area contributed by atoms with Crippen molar-refractivity contribution in [1.29, 1.82) is 0 Å². The summed E-state index contributed by atoms with van der Waals surface area (Å²) >= 11 is 0. The van der Waals surface area contributed by atoms with Gasteiger partial charge in [0.2, 0.25) is 0 Å². The molecule has 0 saturated carbocycles. The third-order valence-electron chi connectivity index (χ3n) is 12.4. The predicted octanol–water partition coefficient (Wildman–Crippen LogP) is 16.8. The quantitative estimate of drug-likeness (QED) is 0.153. The van der Waals surface area contributed by atoms with Gasteiger partial charge >= 0.3 is 0 Å². The molecule has 0 amide bonds. The molecule has 0 spiro atoms. The maximum absolute atomic E-state index is 6.72. The van der Waals surface area contributed by atoms with E-state index in [1.807, 2.05) is 6.07 Å². The Hall–Kier alpha value is -8.40. The smallest absolute Gasteiger partial charge is 0.159 e. The largest absolute Gasteiger partial charge is 0.454 e. The zero-order valence-electron chi connectivity index (χ0n) is 34.4. The summed E-state index contributed by atoms with van der Waals surface area (Å²) in [6, 6.07) is 87.1. The van der Waals surface area contributed by atoms with Crippen LogP contribution in [-0.2, 0) is 0 Å². The first-order chi connectivity index (χ1) is 31.2. The molecule has 0 saturated heterocycles. The third-order valence-corrected chi connectivity index (χ3v) is 12.4. The van der Waals surface area contributed by atoms with Gasteiger partial charge in [-0.25, -0.2) is 0 Å². The molecule has 0 radical (unpaired) electrons. The Bertz CT molecular complexity index is 3510. The van der Waals surface area contributed by atoms with Crippen LogP contribution in [0.2, 0.25) is 0 Å². The molecule has 0 fully saturated rings. The number of anilines is 3. The van der Waals surface area contributed by atoms with Crippen molar-refractivity contribution >= 4 is 60.8 Å². The van der Waals surface area contributed by atoms with Crippen molar-refractivity contribution in [2.24, 2.45) is 0 Å². The molecule has 12 rings (SSSR count). The Labute approximate surface area is 366 Å². The molecule has 0 atom stereocenters. The summed E-state index contributed by atoms with van der Waals surface area (Å²) < 4.78 is 9.15. The minimum atomic E-state index is 0.851. The summed E-state index contributed by atoms with van der Waals surface area (Å²) in [5.74, 6) is 0. The molecule has 3 nitrogen and oxygen atoms in total. The van der Waals surface area contributed by atoms with Crippen molar-refractivity contribution in [3.63, 3.8) is 0 Å². The van der Waals surface area contributed by atoms with Gasteiger partial charge in [-0.1, -0.05) is 176 Å². The van der Waals surface area contributed by atoms with Crippen LogP contribution >= 0.6 is 0 Å². The highest BCUT2D eigenvalue weighted by Gasteiger charge is 2.23. The van der Waals surface area contributed by atoms with Gasteiger partial charge in [-0.05, 0) is 106 Å². The van der Waals surface area contributed by atoms with Crippen molar-refractivity contribution in [3.05, 3.63) is 243 Å². The molecule has 0 aliphatic heterocycles. The number of aromatic nitrogens is 1. The van der Waals surface area contributed by atoms with E-state index in [1.54, 1.807) is 0 Å². The number of hydrogen-bond donors (Lipinski definition) is 0. The monoisotopic (exact) mass is 804 g/mol. The second-order valence-electron chi connectivity index (χ2n) is 16.1. The molecule has 296 valence electrons. The SMILES string of the molecule is c1ccc(-c2ccc(N(c3ccccc3-c3cccc(-n4c5ccc(-c6ccccc6)cc5c5cc(-c6ccccc6)ccc54)c3)c3cccc4c3oc3ccccc34)cc2)cc1. The lowest BCUT2D eigenvalue weighted by atomic mass is 10.00. The number of fused-ring (bicyclic) bond motifs is 6. The van der Waals surface area contributed by atoms with Crippen LogP contribution in [-0.4, -0.2) is 4.57 Å². The van der Waals surface area contributed by atoms with E-state index in [-0.39, 0.29) is 0 Å². The molecular formula is C60H40N2O. The lowest BCUT2D eigenvalue weighted by Gasteiger charge is -2.28. The summed E-state index contributed by atoms with van der Waals surface area (Å²) in [7, 11) is 0. The Kier molecular flexibility index (Phi) is 8.83. The Morgan fingerprint density at radius 1 is 0.317 bits per heavy atom. The highest BCUT2D eigenvalue weighted by atomic mass is 16.3. The average Bonchev–Trinajstić information content (AvgIpc) is 3.91. The number of benzene rings is 10. The maximum atomic E-state index is 6.72. The van der Waals surface area contributed by atoms with Gasteiger partial charge < -0.3 is 13.9 Å². The van der Waals surface area contributed by atoms with Gasteiger partial charge in [0.05, 0.1) is 22.4 Å². The normalized spacial score (nSPS) is 11.5. The second kappa shape index (κ2) is 15.3. The molecular weight excluding hydrogens is 765 g/mol. The van der Waals surface area contributed by atoms with E-state index in [4.69, 9.17) is 4.42 Å². The van der Waals surface area contributed by atoms with Crippen LogP contribution in [0.3, 0.4) is 0 Å². The van der Waals surface area contributed by atoms with Gasteiger partial charge in [0.25, 0.3) is 0 Å². The maximum Gasteiger partial charge on any atom is 0.159 e. The minimum absolute atomic E-state index is 0.851. The van der Waals surface area contributed by atoms with Gasteiger partial charge in [0.15, 0.2) is 5.58 Å². The molecule has 0 unspecified atom stereocenters. The summed E-state index contributed by atoms with van der Waals surface area (Å²) in [5.41, 5.74) is 17.6. The summed E-state index contributed by atoms with van der Waals surface area (Å²) in [6.45, 7) is 0. The van der Waals surface area contributed by atoms with E-state index in [0.717, 1.165) is 66.8 Å². The number of hydrogen-bond acceptors (Lipinski definition) is 2. The standard InChI is InChI=1S/C60H40N2O/c1-4-16-41(17-5-1)44-30-34-48(35-31-44)61(58-28-15-26-52-51-25-11-13-29-59(51)63-60(52)58)55-27-12-10-24-50(55)47-22-14-23-49(38-47)62-56-36-32-45(42-18-6-2-7-19-42)39-53(56)54-40-46(33-37-57(54)62)43-20-8-3-9-21-43/h1-40H. The van der Waals surface area contributed by atoms with Gasteiger partial charge in [0.1, 0.15) is 5.58 Å². The first-order valence-corrected chi connectivity index (χ1v) is 21.5. The van der Waals surface area contributed by atoms with E-state index in [1.165, 1.54) is 44.2 Å². The first-order valence-electron chi connectivity index (χ1n) is 21.5. The van der Waals surface area contributed by atoms with Crippen LogP contribution < -0.4 is 4.90 Å². The van der Waals surface area contributed by atoms with Gasteiger partial charge in [-0.15, -0.1) is 0 Å². The van der Waals surface area contributed by atoms with Gasteiger partial charge in [-0.3, -0.25) is 0 Å². The van der Waals surface area contributed by atoms with Crippen molar-refractivity contribution in [1.82, 2.24) is 4.57 Å². The van der Waals surface area contributed by atoms with E-state index >= 15 is 0 Å². The zero-order chi connectivity index (χ0) is 41.7. The molecule has 0 N–H and O–H groups in total. The lowest BCUT2D eigenvalue weighted by Crippen LogP contribution is -2.11. The van der Waals surface area contributed by atoms with E-state index < -0.39 is 0 Å². The Balaban J connectivity index is 1.04. The fourth-order valence-corrected chi connectivity index (χ4v) is 9.40. The van der Waals surface area contributed by atoms with Crippen LogP contribution in [0.15, 0.2) is 247 Å². The molecule has 0 bridgehead atoms. The minimum Gasteiger partial charge on any atom is -0.454 e. The molecule has 0 aliphatic rings. The molecule has 3 heteroatoms. The molecule has 63 heavy (non-hydrogen) atoms. The Morgan fingerprint density at radius 3 is 1.48 bits per heavy atom. The summed E-state index contributed by atoms with van der Waals surface area (Å²) in [5, 5.41) is 4.64. The first kappa shape index (κ1) is 36.5. The molecule has 10 aromatic carbocycles. The summed E-state index contributed by atoms with van der Waals surface area (Å²) in [6.07, 6.45) is 0. The Morgan fingerprint density at radius 2 is 0.810 bits per heavy atom. The fourth-order valence-electron chi connectivity index (χ4n) is 9.40. The topological polar surface area (TPSA) is 21.3 Å². The fraction of sp³-hybridized carbons (Fsp3) is 0. The van der Waals surface area contributed by atoms with Crippen molar-refractivity contribution in [3.8, 4) is 50.2 Å². The van der Waals surface area contributed by atoms with E-state index in [9.17, 15) is 0 Å². The van der Waals surface area contributed by atoms with Crippen molar-refractivity contribution in [2.75, 3.05) is 4.90 Å².